The summed E-state index contributed by atoms with van der Waals surface area (Å²) in [4.78, 5) is 2.73. The Morgan fingerprint density at radius 1 is 0.702 bits per heavy atom. The van der Waals surface area contributed by atoms with Crippen molar-refractivity contribution in [2.75, 3.05) is 33.9 Å². The SMILES string of the molecule is CC[C@H]1CN2CCc3cc(OCc4ccccc4)c(OC)cc3[C@@H]2C[C@@H]1C[C@@H]1NCCc2cc(OCc3ccccc3)c(OC)cc21. The van der Waals surface area contributed by atoms with Crippen LogP contribution in [0.2, 0.25) is 0 Å². The van der Waals surface area contributed by atoms with E-state index in [4.69, 9.17) is 18.9 Å². The average molecular weight is 633 g/mol. The van der Waals surface area contributed by atoms with E-state index in [1.54, 1.807) is 14.2 Å². The molecule has 1 N–H and O–H groups in total. The summed E-state index contributed by atoms with van der Waals surface area (Å²) in [5.74, 6) is 4.59. The molecule has 3 aliphatic heterocycles. The highest BCUT2D eigenvalue weighted by Crippen LogP contribution is 2.48. The van der Waals surface area contributed by atoms with Gasteiger partial charge in [0.25, 0.3) is 0 Å². The first-order chi connectivity index (χ1) is 23.1. The minimum Gasteiger partial charge on any atom is -0.493 e. The molecule has 1 saturated heterocycles. The fraction of sp³-hybridized carbons (Fsp3) is 0.415. The second kappa shape index (κ2) is 14.4. The van der Waals surface area contributed by atoms with Gasteiger partial charge in [0.2, 0.25) is 0 Å². The molecule has 4 aromatic carbocycles. The predicted octanol–water partition coefficient (Wildman–Crippen LogP) is 8.08. The second-order valence-electron chi connectivity index (χ2n) is 13.4. The highest BCUT2D eigenvalue weighted by atomic mass is 16.5. The normalized spacial score (nSPS) is 22.0. The summed E-state index contributed by atoms with van der Waals surface area (Å²) in [5, 5.41) is 3.89. The zero-order valence-corrected chi connectivity index (χ0v) is 28.0. The maximum Gasteiger partial charge on any atom is 0.161 e. The highest BCUT2D eigenvalue weighted by molar-refractivity contribution is 5.51. The minimum atomic E-state index is 0.299. The molecule has 4 aromatic rings. The lowest BCUT2D eigenvalue weighted by Crippen LogP contribution is -2.46. The van der Waals surface area contributed by atoms with E-state index in [2.05, 4.69) is 77.8 Å². The summed E-state index contributed by atoms with van der Waals surface area (Å²) in [6.07, 6.45) is 5.52. The van der Waals surface area contributed by atoms with Gasteiger partial charge in [-0.05, 0) is 102 Å². The van der Waals surface area contributed by atoms with Gasteiger partial charge in [-0.2, -0.15) is 0 Å². The molecule has 0 bridgehead atoms. The van der Waals surface area contributed by atoms with Gasteiger partial charge in [-0.1, -0.05) is 74.0 Å². The summed E-state index contributed by atoms with van der Waals surface area (Å²) in [6, 6.07) is 30.3. The Kier molecular flexibility index (Phi) is 9.68. The van der Waals surface area contributed by atoms with Crippen LogP contribution in [0, 0.1) is 11.8 Å². The Morgan fingerprint density at radius 2 is 1.30 bits per heavy atom. The van der Waals surface area contributed by atoms with E-state index in [0.29, 0.717) is 37.1 Å². The van der Waals surface area contributed by atoms with Crippen molar-refractivity contribution in [2.24, 2.45) is 11.8 Å². The van der Waals surface area contributed by atoms with Gasteiger partial charge in [-0.15, -0.1) is 0 Å². The van der Waals surface area contributed by atoms with E-state index in [1.807, 2.05) is 24.3 Å². The number of benzene rings is 4. The van der Waals surface area contributed by atoms with Gasteiger partial charge in [-0.3, -0.25) is 4.90 Å². The molecule has 0 spiro atoms. The van der Waals surface area contributed by atoms with Crippen molar-refractivity contribution < 1.29 is 18.9 Å². The van der Waals surface area contributed by atoms with Crippen molar-refractivity contribution in [2.45, 2.75) is 64.3 Å². The van der Waals surface area contributed by atoms with Crippen molar-refractivity contribution in [3.63, 3.8) is 0 Å². The first-order valence-corrected chi connectivity index (χ1v) is 17.4. The van der Waals surface area contributed by atoms with Crippen molar-refractivity contribution in [3.05, 3.63) is 118 Å². The lowest BCUT2D eigenvalue weighted by molar-refractivity contribution is 0.0434. The molecule has 246 valence electrons. The van der Waals surface area contributed by atoms with Crippen LogP contribution >= 0.6 is 0 Å². The smallest absolute Gasteiger partial charge is 0.161 e. The summed E-state index contributed by atoms with van der Waals surface area (Å²) < 4.78 is 24.4. The first kappa shape index (κ1) is 31.6. The Bertz CT molecular complexity index is 1640. The van der Waals surface area contributed by atoms with Crippen LogP contribution in [0.4, 0.5) is 0 Å². The number of hydrogen-bond acceptors (Lipinski definition) is 6. The Balaban J connectivity index is 1.10. The van der Waals surface area contributed by atoms with Crippen LogP contribution < -0.4 is 24.3 Å². The van der Waals surface area contributed by atoms with Crippen LogP contribution in [0.15, 0.2) is 84.9 Å². The monoisotopic (exact) mass is 632 g/mol. The molecule has 0 aromatic heterocycles. The Hall–Kier alpha value is -4.00. The third-order valence-corrected chi connectivity index (χ3v) is 10.7. The van der Waals surface area contributed by atoms with Gasteiger partial charge in [0.05, 0.1) is 14.2 Å². The third-order valence-electron chi connectivity index (χ3n) is 10.7. The van der Waals surface area contributed by atoms with Crippen molar-refractivity contribution in [1.29, 1.82) is 0 Å². The average Bonchev–Trinajstić information content (AvgIpc) is 3.13. The summed E-state index contributed by atoms with van der Waals surface area (Å²) in [5.41, 5.74) is 7.87. The Morgan fingerprint density at radius 3 is 1.89 bits per heavy atom. The fourth-order valence-electron chi connectivity index (χ4n) is 8.11. The molecule has 6 nitrogen and oxygen atoms in total. The molecule has 6 heteroatoms. The predicted molar refractivity (Wildman–Crippen MR) is 187 cm³/mol. The number of nitrogens with zero attached hydrogens (tertiary/aromatic N) is 1. The number of nitrogens with one attached hydrogen (secondary N) is 1. The lowest BCUT2D eigenvalue weighted by atomic mass is 9.72. The van der Waals surface area contributed by atoms with Crippen molar-refractivity contribution in [3.8, 4) is 23.0 Å². The highest BCUT2D eigenvalue weighted by Gasteiger charge is 2.40. The van der Waals surface area contributed by atoms with Gasteiger partial charge < -0.3 is 24.3 Å². The molecular weight excluding hydrogens is 584 g/mol. The lowest BCUT2D eigenvalue weighted by Gasteiger charge is -2.48. The largest absolute Gasteiger partial charge is 0.493 e. The third kappa shape index (κ3) is 6.86. The van der Waals surface area contributed by atoms with E-state index in [1.165, 1.54) is 28.7 Å². The van der Waals surface area contributed by atoms with Crippen LogP contribution in [-0.2, 0) is 26.1 Å². The molecule has 0 saturated carbocycles. The number of methoxy groups -OCH3 is 2. The molecule has 3 heterocycles. The van der Waals surface area contributed by atoms with E-state index in [9.17, 15) is 0 Å². The molecule has 4 atom stereocenters. The first-order valence-electron chi connectivity index (χ1n) is 17.4. The van der Waals surface area contributed by atoms with Crippen molar-refractivity contribution >= 4 is 0 Å². The standard InChI is InChI=1S/C41H48N2O4/c1-4-30-25-43-18-16-32-22-41(47-27-29-13-9-6-10-14-29)39(45-3)24-35(32)37(43)20-33(30)19-36-34-23-38(44-2)40(21-31(34)15-17-42-36)46-26-28-11-7-5-8-12-28/h5-14,21-24,30,33,36-37,42H,4,15-20,25-27H2,1-3H3/t30-,33-,36-,37-/m0/s1. The van der Waals surface area contributed by atoms with E-state index in [0.717, 1.165) is 79.4 Å². The van der Waals surface area contributed by atoms with Gasteiger partial charge in [-0.25, -0.2) is 0 Å². The molecule has 1 fully saturated rings. The van der Waals surface area contributed by atoms with Gasteiger partial charge in [0.15, 0.2) is 23.0 Å². The summed E-state index contributed by atoms with van der Waals surface area (Å²) in [7, 11) is 3.51. The summed E-state index contributed by atoms with van der Waals surface area (Å²) in [6.45, 7) is 6.66. The quantitative estimate of drug-likeness (QED) is 0.180. The Labute approximate surface area is 280 Å². The number of ether oxygens (including phenoxy) is 4. The molecule has 0 radical (unpaired) electrons. The summed E-state index contributed by atoms with van der Waals surface area (Å²) >= 11 is 0. The van der Waals surface area contributed by atoms with Gasteiger partial charge in [0, 0.05) is 25.2 Å². The molecule has 0 amide bonds. The van der Waals surface area contributed by atoms with Crippen LogP contribution in [-0.4, -0.2) is 38.8 Å². The van der Waals surface area contributed by atoms with E-state index in [-0.39, 0.29) is 0 Å². The molecular formula is C41H48N2O4. The zero-order chi connectivity index (χ0) is 32.2. The maximum atomic E-state index is 6.30. The fourth-order valence-corrected chi connectivity index (χ4v) is 8.11. The molecule has 0 unspecified atom stereocenters. The minimum absolute atomic E-state index is 0.299. The second-order valence-corrected chi connectivity index (χ2v) is 13.4. The van der Waals surface area contributed by atoms with E-state index >= 15 is 0 Å². The van der Waals surface area contributed by atoms with E-state index < -0.39 is 0 Å². The number of rotatable bonds is 11. The molecule has 47 heavy (non-hydrogen) atoms. The van der Waals surface area contributed by atoms with Crippen LogP contribution in [0.3, 0.4) is 0 Å². The molecule has 3 aliphatic rings. The molecule has 0 aliphatic carbocycles. The number of piperidine rings is 1. The van der Waals surface area contributed by atoms with Crippen molar-refractivity contribution in [1.82, 2.24) is 10.2 Å². The number of fused-ring (bicyclic) bond motifs is 4. The van der Waals surface area contributed by atoms with Gasteiger partial charge >= 0.3 is 0 Å². The number of hydrogen-bond donors (Lipinski definition) is 1. The van der Waals surface area contributed by atoms with Gasteiger partial charge in [0.1, 0.15) is 13.2 Å². The van der Waals surface area contributed by atoms with Crippen LogP contribution in [0.5, 0.6) is 23.0 Å². The molecule has 7 rings (SSSR count). The van der Waals surface area contributed by atoms with Crippen LogP contribution in [0.25, 0.3) is 0 Å². The van der Waals surface area contributed by atoms with Crippen LogP contribution in [0.1, 0.15) is 71.7 Å². The maximum absolute atomic E-state index is 6.30. The topological polar surface area (TPSA) is 52.2 Å². The zero-order valence-electron chi connectivity index (χ0n) is 28.0.